The van der Waals surface area contributed by atoms with Gasteiger partial charge in [0, 0.05) is 31.3 Å². The Bertz CT molecular complexity index is 324. The monoisotopic (exact) mass is 286 g/mol. The molecule has 5 nitrogen and oxygen atoms in total. The van der Waals surface area contributed by atoms with Crippen molar-refractivity contribution in [3.63, 3.8) is 0 Å². The summed E-state index contributed by atoms with van der Waals surface area (Å²) in [6.45, 7) is 11.5. The molecule has 2 N–H and O–H groups in total. The zero-order chi connectivity index (χ0) is 15.4. The summed E-state index contributed by atoms with van der Waals surface area (Å²) in [6, 6.07) is 0.183. The molecule has 5 heteroatoms. The Hall–Kier alpha value is -0.810. The van der Waals surface area contributed by atoms with Crippen molar-refractivity contribution in [2.24, 2.45) is 0 Å². The van der Waals surface area contributed by atoms with Crippen molar-refractivity contribution in [3.05, 3.63) is 0 Å². The normalized spacial score (nSPS) is 20.3. The number of nitrogens with zero attached hydrogens (tertiary/aromatic N) is 1. The number of carbonyl (C=O) groups is 1. The first-order chi connectivity index (χ1) is 9.14. The number of carbonyl (C=O) groups excluding carboxylic acids is 1. The number of nitrogens with one attached hydrogen (secondary N) is 1. The lowest BCUT2D eigenvalue weighted by Gasteiger charge is -2.32. The Labute approximate surface area is 122 Å². The molecule has 0 aromatic carbocycles. The van der Waals surface area contributed by atoms with Crippen LogP contribution in [0, 0.1) is 0 Å². The molecule has 118 valence electrons. The summed E-state index contributed by atoms with van der Waals surface area (Å²) in [4.78, 5) is 14.0. The maximum absolute atomic E-state index is 12.2. The maximum Gasteiger partial charge on any atom is 0.410 e. The van der Waals surface area contributed by atoms with Gasteiger partial charge in [-0.25, -0.2) is 4.79 Å². The lowest BCUT2D eigenvalue weighted by molar-refractivity contribution is 0.0220. The van der Waals surface area contributed by atoms with E-state index >= 15 is 0 Å². The van der Waals surface area contributed by atoms with E-state index < -0.39 is 5.60 Å². The summed E-state index contributed by atoms with van der Waals surface area (Å²) in [7, 11) is 0. The molecule has 1 aliphatic rings. The summed E-state index contributed by atoms with van der Waals surface area (Å²) < 4.78 is 5.45. The average molecular weight is 286 g/mol. The molecule has 0 aromatic rings. The second kappa shape index (κ2) is 6.76. The minimum atomic E-state index is -0.451. The van der Waals surface area contributed by atoms with E-state index in [0.717, 1.165) is 25.9 Å². The van der Waals surface area contributed by atoms with Gasteiger partial charge >= 0.3 is 6.09 Å². The molecule has 0 bridgehead atoms. The highest BCUT2D eigenvalue weighted by molar-refractivity contribution is 5.69. The molecule has 1 aliphatic heterocycles. The highest BCUT2D eigenvalue weighted by Crippen LogP contribution is 2.21. The average Bonchev–Trinajstić information content (AvgIpc) is 2.72. The molecule has 0 radical (unpaired) electrons. The van der Waals surface area contributed by atoms with Crippen LogP contribution in [-0.2, 0) is 4.74 Å². The highest BCUT2D eigenvalue weighted by atomic mass is 16.6. The van der Waals surface area contributed by atoms with Crippen LogP contribution in [0.3, 0.4) is 0 Å². The zero-order valence-corrected chi connectivity index (χ0v) is 13.5. The molecule has 0 spiro atoms. The SMILES string of the molecule is CC(C)(CCO)NCC1CCCN1C(=O)OC(C)(C)C. The molecule has 0 saturated carbocycles. The fraction of sp³-hybridized carbons (Fsp3) is 0.933. The molecule has 1 saturated heterocycles. The van der Waals surface area contributed by atoms with Crippen LogP contribution in [0.15, 0.2) is 0 Å². The fourth-order valence-corrected chi connectivity index (χ4v) is 2.37. The predicted molar refractivity (Wildman–Crippen MR) is 79.7 cm³/mol. The quantitative estimate of drug-likeness (QED) is 0.813. The summed E-state index contributed by atoms with van der Waals surface area (Å²) in [5, 5.41) is 12.5. The number of ether oxygens (including phenoxy) is 1. The fourth-order valence-electron chi connectivity index (χ4n) is 2.37. The lowest BCUT2D eigenvalue weighted by atomic mass is 10.0. The van der Waals surface area contributed by atoms with Crippen LogP contribution < -0.4 is 5.32 Å². The first-order valence-corrected chi connectivity index (χ1v) is 7.50. The van der Waals surface area contributed by atoms with Crippen LogP contribution in [-0.4, -0.2) is 53.0 Å². The minimum absolute atomic E-state index is 0.114. The van der Waals surface area contributed by atoms with E-state index in [9.17, 15) is 4.79 Å². The van der Waals surface area contributed by atoms with Crippen molar-refractivity contribution in [3.8, 4) is 0 Å². The van der Waals surface area contributed by atoms with E-state index in [1.54, 1.807) is 0 Å². The van der Waals surface area contributed by atoms with Crippen LogP contribution in [0.2, 0.25) is 0 Å². The van der Waals surface area contributed by atoms with Gasteiger partial charge in [-0.2, -0.15) is 0 Å². The standard InChI is InChI=1S/C15H30N2O3/c1-14(2,3)20-13(19)17-9-6-7-12(17)11-16-15(4,5)8-10-18/h12,16,18H,6-11H2,1-5H3. The van der Waals surface area contributed by atoms with Crippen molar-refractivity contribution < 1.29 is 14.6 Å². The highest BCUT2D eigenvalue weighted by Gasteiger charge is 2.32. The number of aliphatic hydroxyl groups excluding tert-OH is 1. The van der Waals surface area contributed by atoms with Crippen molar-refractivity contribution >= 4 is 6.09 Å². The third-order valence-electron chi connectivity index (χ3n) is 3.56. The van der Waals surface area contributed by atoms with Gasteiger partial charge in [0.15, 0.2) is 0 Å². The maximum atomic E-state index is 12.2. The number of likely N-dealkylation sites (tertiary alicyclic amines) is 1. The summed E-state index contributed by atoms with van der Waals surface area (Å²) >= 11 is 0. The van der Waals surface area contributed by atoms with Crippen molar-refractivity contribution in [1.29, 1.82) is 0 Å². The molecular weight excluding hydrogens is 256 g/mol. The van der Waals surface area contributed by atoms with Crippen LogP contribution in [0.25, 0.3) is 0 Å². The van der Waals surface area contributed by atoms with Crippen molar-refractivity contribution in [2.45, 2.75) is 71.1 Å². The van der Waals surface area contributed by atoms with Gasteiger partial charge < -0.3 is 20.1 Å². The molecule has 1 atom stereocenters. The number of aliphatic hydroxyl groups is 1. The van der Waals surface area contributed by atoms with Crippen LogP contribution in [0.4, 0.5) is 4.79 Å². The van der Waals surface area contributed by atoms with Crippen molar-refractivity contribution in [2.75, 3.05) is 19.7 Å². The zero-order valence-electron chi connectivity index (χ0n) is 13.5. The van der Waals surface area contributed by atoms with E-state index in [1.165, 1.54) is 0 Å². The predicted octanol–water partition coefficient (Wildman–Crippen LogP) is 2.14. The topological polar surface area (TPSA) is 61.8 Å². The van der Waals surface area contributed by atoms with Gasteiger partial charge in [-0.15, -0.1) is 0 Å². The van der Waals surface area contributed by atoms with Gasteiger partial charge in [-0.1, -0.05) is 0 Å². The van der Waals surface area contributed by atoms with Gasteiger partial charge in [0.2, 0.25) is 0 Å². The Kier molecular flexibility index (Phi) is 5.83. The third kappa shape index (κ3) is 5.67. The lowest BCUT2D eigenvalue weighted by Crippen LogP contribution is -2.49. The molecule has 20 heavy (non-hydrogen) atoms. The molecule has 0 aliphatic carbocycles. The van der Waals surface area contributed by atoms with Gasteiger partial charge in [0.05, 0.1) is 0 Å². The van der Waals surface area contributed by atoms with Crippen molar-refractivity contribution in [1.82, 2.24) is 10.2 Å². The van der Waals surface area contributed by atoms with Gasteiger partial charge in [0.25, 0.3) is 0 Å². The van der Waals surface area contributed by atoms with Gasteiger partial charge in [-0.3, -0.25) is 0 Å². The second-order valence-corrected chi connectivity index (χ2v) is 7.21. The Morgan fingerprint density at radius 3 is 2.55 bits per heavy atom. The second-order valence-electron chi connectivity index (χ2n) is 7.21. The minimum Gasteiger partial charge on any atom is -0.444 e. The first kappa shape index (κ1) is 17.2. The van der Waals surface area contributed by atoms with Crippen LogP contribution >= 0.6 is 0 Å². The summed E-state index contributed by atoms with van der Waals surface area (Å²) in [5.41, 5.74) is -0.565. The van der Waals surface area contributed by atoms with Crippen LogP contribution in [0.5, 0.6) is 0 Å². The number of hydrogen-bond donors (Lipinski definition) is 2. The summed E-state index contributed by atoms with van der Waals surface area (Å²) in [6.07, 6.45) is 2.50. The molecule has 1 amide bonds. The van der Waals surface area contributed by atoms with E-state index in [4.69, 9.17) is 9.84 Å². The smallest absolute Gasteiger partial charge is 0.410 e. The Balaban J connectivity index is 2.51. The number of hydrogen-bond acceptors (Lipinski definition) is 4. The van der Waals surface area contributed by atoms with Crippen LogP contribution in [0.1, 0.15) is 53.9 Å². The molecular formula is C15H30N2O3. The van der Waals surface area contributed by atoms with Gasteiger partial charge in [0.1, 0.15) is 5.60 Å². The Morgan fingerprint density at radius 2 is 2.00 bits per heavy atom. The Morgan fingerprint density at radius 1 is 1.35 bits per heavy atom. The molecule has 0 aromatic heterocycles. The van der Waals surface area contributed by atoms with Gasteiger partial charge in [-0.05, 0) is 53.9 Å². The molecule has 1 unspecified atom stereocenters. The largest absolute Gasteiger partial charge is 0.444 e. The molecule has 1 rings (SSSR count). The number of amides is 1. The van der Waals surface area contributed by atoms with E-state index in [0.29, 0.717) is 6.42 Å². The first-order valence-electron chi connectivity index (χ1n) is 7.50. The molecule has 1 heterocycles. The third-order valence-corrected chi connectivity index (χ3v) is 3.56. The van der Waals surface area contributed by atoms with E-state index in [1.807, 2.05) is 25.7 Å². The summed E-state index contributed by atoms with van der Waals surface area (Å²) in [5.74, 6) is 0. The van der Waals surface area contributed by atoms with E-state index in [2.05, 4.69) is 19.2 Å². The molecule has 1 fully saturated rings. The van der Waals surface area contributed by atoms with E-state index in [-0.39, 0.29) is 24.3 Å². The number of rotatable bonds is 5.